The van der Waals surface area contributed by atoms with Crippen molar-refractivity contribution in [3.8, 4) is 0 Å². The van der Waals surface area contributed by atoms with E-state index in [9.17, 15) is 9.59 Å². The molecule has 0 fully saturated rings. The first kappa shape index (κ1) is 14.7. The van der Waals surface area contributed by atoms with Crippen molar-refractivity contribution in [1.82, 2.24) is 15.1 Å². The van der Waals surface area contributed by atoms with Gasteiger partial charge in [-0.15, -0.1) is 0 Å². The number of allylic oxidation sites excluding steroid dienone is 1. The molecule has 18 heavy (non-hydrogen) atoms. The number of rotatable bonds is 4. The second-order valence-corrected chi connectivity index (χ2v) is 4.66. The third-order valence-corrected chi connectivity index (χ3v) is 2.83. The molecule has 0 radical (unpaired) electrons. The summed E-state index contributed by atoms with van der Waals surface area (Å²) < 4.78 is 6.97. The van der Waals surface area contributed by atoms with Crippen LogP contribution < -0.4 is 5.32 Å². The number of nitrogens with zero attached hydrogens (tertiary/aromatic N) is 2. The van der Waals surface area contributed by atoms with Gasteiger partial charge in [-0.05, 0) is 36.4 Å². The summed E-state index contributed by atoms with van der Waals surface area (Å²) in [7, 11) is 1.68. The Morgan fingerprint density at radius 3 is 2.78 bits per heavy atom. The molecule has 0 aliphatic heterocycles. The Balaban J connectivity index is 2.74. The van der Waals surface area contributed by atoms with Crippen LogP contribution >= 0.6 is 22.6 Å². The normalized spacial score (nSPS) is 11.2. The third kappa shape index (κ3) is 3.83. The van der Waals surface area contributed by atoms with Gasteiger partial charge in [-0.3, -0.25) is 9.48 Å². The summed E-state index contributed by atoms with van der Waals surface area (Å²) in [6.07, 6.45) is 2.84. The molecule has 0 spiro atoms. The van der Waals surface area contributed by atoms with E-state index < -0.39 is 5.97 Å². The summed E-state index contributed by atoms with van der Waals surface area (Å²) in [5.74, 6) is -0.785. The number of halogens is 1. The fraction of sp³-hybridized carbons (Fsp3) is 0.364. The Hall–Kier alpha value is -1.38. The first-order chi connectivity index (χ1) is 8.45. The quantitative estimate of drug-likeness (QED) is 0.496. The van der Waals surface area contributed by atoms with Crippen LogP contribution in [0.5, 0.6) is 0 Å². The van der Waals surface area contributed by atoms with E-state index >= 15 is 0 Å². The van der Waals surface area contributed by atoms with Gasteiger partial charge in [0, 0.05) is 18.8 Å². The van der Waals surface area contributed by atoms with Gasteiger partial charge in [0.2, 0.25) is 0 Å². The molecule has 0 unspecified atom stereocenters. The average molecular weight is 363 g/mol. The Labute approximate surface area is 119 Å². The standard InChI is InChI=1S/C11H14IN3O3/c1-4-18-9(16)5-7(2)14-11(17)10-8(12)6-13-15(10)3/h5-6H,4H2,1-3H3,(H,14,17)/b7-5+. The molecule has 0 aliphatic carbocycles. The summed E-state index contributed by atoms with van der Waals surface area (Å²) in [6, 6.07) is 0. The highest BCUT2D eigenvalue weighted by Gasteiger charge is 2.15. The highest BCUT2D eigenvalue weighted by Crippen LogP contribution is 2.10. The number of esters is 1. The van der Waals surface area contributed by atoms with Gasteiger partial charge >= 0.3 is 5.97 Å². The van der Waals surface area contributed by atoms with Crippen LogP contribution in [0.15, 0.2) is 18.0 Å². The number of aryl methyl sites for hydroxylation is 1. The highest BCUT2D eigenvalue weighted by atomic mass is 127. The Bertz CT molecular complexity index is 474. The van der Waals surface area contributed by atoms with E-state index in [2.05, 4.69) is 10.4 Å². The third-order valence-electron chi connectivity index (χ3n) is 2.04. The van der Waals surface area contributed by atoms with Gasteiger partial charge in [-0.2, -0.15) is 5.10 Å². The average Bonchev–Trinajstić information content (AvgIpc) is 2.58. The number of hydrogen-bond donors (Lipinski definition) is 1. The predicted octanol–water partition coefficient (Wildman–Crippen LogP) is 1.22. The molecule has 0 bridgehead atoms. The van der Waals surface area contributed by atoms with E-state index in [1.54, 1.807) is 27.1 Å². The van der Waals surface area contributed by atoms with Gasteiger partial charge < -0.3 is 10.1 Å². The van der Waals surface area contributed by atoms with Crippen molar-refractivity contribution in [3.63, 3.8) is 0 Å². The van der Waals surface area contributed by atoms with Crippen molar-refractivity contribution in [2.45, 2.75) is 13.8 Å². The minimum Gasteiger partial charge on any atom is -0.463 e. The number of ether oxygens (including phenoxy) is 1. The summed E-state index contributed by atoms with van der Waals surface area (Å²) >= 11 is 2.03. The van der Waals surface area contributed by atoms with Crippen molar-refractivity contribution in [2.75, 3.05) is 6.61 Å². The van der Waals surface area contributed by atoms with E-state index in [-0.39, 0.29) is 5.91 Å². The molecule has 6 nitrogen and oxygen atoms in total. The number of carbonyl (C=O) groups is 2. The summed E-state index contributed by atoms with van der Waals surface area (Å²) in [6.45, 7) is 3.64. The summed E-state index contributed by atoms with van der Waals surface area (Å²) in [5.41, 5.74) is 0.877. The van der Waals surface area contributed by atoms with Crippen molar-refractivity contribution in [3.05, 3.63) is 27.2 Å². The van der Waals surface area contributed by atoms with Crippen LogP contribution in [-0.4, -0.2) is 28.3 Å². The predicted molar refractivity (Wildman–Crippen MR) is 73.8 cm³/mol. The molecular weight excluding hydrogens is 349 g/mol. The second-order valence-electron chi connectivity index (χ2n) is 3.50. The van der Waals surface area contributed by atoms with Gasteiger partial charge in [-0.1, -0.05) is 0 Å². The molecule has 7 heteroatoms. The van der Waals surface area contributed by atoms with Gasteiger partial charge in [0.15, 0.2) is 0 Å². The summed E-state index contributed by atoms with van der Waals surface area (Å²) in [4.78, 5) is 23.1. The lowest BCUT2D eigenvalue weighted by Crippen LogP contribution is -2.25. The van der Waals surface area contributed by atoms with E-state index in [4.69, 9.17) is 4.74 Å². The molecule has 0 saturated heterocycles. The molecular formula is C11H14IN3O3. The number of nitrogens with one attached hydrogen (secondary N) is 1. The van der Waals surface area contributed by atoms with E-state index in [0.717, 1.165) is 3.57 Å². The maximum absolute atomic E-state index is 11.9. The minimum atomic E-state index is -0.477. The number of amides is 1. The highest BCUT2D eigenvalue weighted by molar-refractivity contribution is 14.1. The smallest absolute Gasteiger partial charge is 0.332 e. The van der Waals surface area contributed by atoms with E-state index in [0.29, 0.717) is 18.0 Å². The lowest BCUT2D eigenvalue weighted by atomic mass is 10.3. The molecule has 1 aromatic rings. The molecule has 98 valence electrons. The zero-order valence-electron chi connectivity index (χ0n) is 10.4. The first-order valence-corrected chi connectivity index (χ1v) is 6.37. The van der Waals surface area contributed by atoms with Crippen molar-refractivity contribution in [2.24, 2.45) is 7.05 Å². The molecule has 0 aromatic carbocycles. The molecule has 1 N–H and O–H groups in total. The van der Waals surface area contributed by atoms with Crippen molar-refractivity contribution < 1.29 is 14.3 Å². The fourth-order valence-electron chi connectivity index (χ4n) is 1.30. The summed E-state index contributed by atoms with van der Waals surface area (Å²) in [5, 5.41) is 6.58. The van der Waals surface area contributed by atoms with Crippen LogP contribution in [0.25, 0.3) is 0 Å². The van der Waals surface area contributed by atoms with Crippen molar-refractivity contribution >= 4 is 34.5 Å². The van der Waals surface area contributed by atoms with Crippen LogP contribution in [0.2, 0.25) is 0 Å². The van der Waals surface area contributed by atoms with Crippen LogP contribution in [0.1, 0.15) is 24.3 Å². The second kappa shape index (κ2) is 6.53. The zero-order chi connectivity index (χ0) is 13.7. The van der Waals surface area contributed by atoms with E-state index in [1.165, 1.54) is 10.8 Å². The maximum atomic E-state index is 11.9. The number of aromatic nitrogens is 2. The van der Waals surface area contributed by atoms with E-state index in [1.807, 2.05) is 22.6 Å². The number of carbonyl (C=O) groups excluding carboxylic acids is 2. The first-order valence-electron chi connectivity index (χ1n) is 5.29. The topological polar surface area (TPSA) is 73.2 Å². The largest absolute Gasteiger partial charge is 0.463 e. The van der Waals surface area contributed by atoms with Gasteiger partial charge in [0.05, 0.1) is 16.4 Å². The molecule has 0 saturated carbocycles. The van der Waals surface area contributed by atoms with Crippen LogP contribution in [0, 0.1) is 3.57 Å². The van der Waals surface area contributed by atoms with Crippen molar-refractivity contribution in [1.29, 1.82) is 0 Å². The monoisotopic (exact) mass is 363 g/mol. The van der Waals surface area contributed by atoms with Crippen LogP contribution in [-0.2, 0) is 16.6 Å². The minimum absolute atomic E-state index is 0.302. The molecule has 1 rings (SSSR count). The molecule has 0 aliphatic rings. The maximum Gasteiger partial charge on any atom is 0.332 e. The molecule has 1 amide bonds. The lowest BCUT2D eigenvalue weighted by molar-refractivity contribution is -0.137. The van der Waals surface area contributed by atoms with Crippen LogP contribution in [0.3, 0.4) is 0 Å². The van der Waals surface area contributed by atoms with Gasteiger partial charge in [0.25, 0.3) is 5.91 Å². The SMILES string of the molecule is CCOC(=O)/C=C(\C)NC(=O)c1c(I)cnn1C. The fourth-order valence-corrected chi connectivity index (χ4v) is 2.02. The Kier molecular flexibility index (Phi) is 5.32. The van der Waals surface area contributed by atoms with Gasteiger partial charge in [0.1, 0.15) is 5.69 Å². The number of hydrogen-bond acceptors (Lipinski definition) is 4. The van der Waals surface area contributed by atoms with Gasteiger partial charge in [-0.25, -0.2) is 4.79 Å². The lowest BCUT2D eigenvalue weighted by Gasteiger charge is -2.06. The Morgan fingerprint density at radius 1 is 1.61 bits per heavy atom. The molecule has 1 aromatic heterocycles. The Morgan fingerprint density at radius 2 is 2.28 bits per heavy atom. The van der Waals surface area contributed by atoms with Crippen LogP contribution in [0.4, 0.5) is 0 Å². The molecule has 1 heterocycles. The molecule has 0 atom stereocenters. The zero-order valence-corrected chi connectivity index (χ0v) is 12.5.